The molecule has 1 aromatic heterocycles. The van der Waals surface area contributed by atoms with Crippen LogP contribution in [0.3, 0.4) is 0 Å². The van der Waals surface area contributed by atoms with E-state index >= 15 is 0 Å². The highest BCUT2D eigenvalue weighted by molar-refractivity contribution is 7.18. The van der Waals surface area contributed by atoms with Crippen LogP contribution in [-0.4, -0.2) is 24.0 Å². The van der Waals surface area contributed by atoms with Gasteiger partial charge in [-0.1, -0.05) is 31.6 Å². The van der Waals surface area contributed by atoms with E-state index in [9.17, 15) is 4.79 Å². The number of amides is 1. The van der Waals surface area contributed by atoms with E-state index in [1.807, 2.05) is 0 Å². The summed E-state index contributed by atoms with van der Waals surface area (Å²) >= 11 is 1.28. The highest BCUT2D eigenvalue weighted by Gasteiger charge is 2.18. The Morgan fingerprint density at radius 3 is 2.71 bits per heavy atom. The molecule has 0 fully saturated rings. The molecule has 0 aliphatic rings. The maximum Gasteiger partial charge on any atom is 0.265 e. The third-order valence-corrected chi connectivity index (χ3v) is 3.63. The van der Waals surface area contributed by atoms with Gasteiger partial charge in [-0.05, 0) is 12.8 Å². The molecule has 17 heavy (non-hydrogen) atoms. The van der Waals surface area contributed by atoms with E-state index in [0.717, 1.165) is 19.3 Å². The van der Waals surface area contributed by atoms with Crippen molar-refractivity contribution in [2.75, 3.05) is 18.1 Å². The Morgan fingerprint density at radius 2 is 2.24 bits per heavy atom. The van der Waals surface area contributed by atoms with Gasteiger partial charge in [0.15, 0.2) is 5.13 Å². The number of carbonyl (C=O) groups excluding carboxylic acids is 1. The van der Waals surface area contributed by atoms with Crippen molar-refractivity contribution < 1.29 is 4.79 Å². The lowest BCUT2D eigenvalue weighted by Gasteiger charge is -2.15. The maximum absolute atomic E-state index is 12.0. The Labute approximate surface area is 106 Å². The van der Waals surface area contributed by atoms with Crippen molar-refractivity contribution >= 4 is 28.2 Å². The second-order valence-corrected chi connectivity index (χ2v) is 4.85. The zero-order chi connectivity index (χ0) is 12.8. The third-order valence-electron chi connectivity index (χ3n) is 2.54. The summed E-state index contributed by atoms with van der Waals surface area (Å²) in [5.74, 6) is 0.171. The number of carbonyl (C=O) groups is 1. The first-order valence-electron chi connectivity index (χ1n) is 5.87. The van der Waals surface area contributed by atoms with E-state index in [-0.39, 0.29) is 11.9 Å². The predicted molar refractivity (Wildman–Crippen MR) is 72.5 cm³/mol. The van der Waals surface area contributed by atoms with Gasteiger partial charge < -0.3 is 16.4 Å². The lowest BCUT2D eigenvalue weighted by molar-refractivity contribution is 0.0938. The van der Waals surface area contributed by atoms with Crippen LogP contribution < -0.4 is 16.4 Å². The molecule has 0 radical (unpaired) electrons. The van der Waals surface area contributed by atoms with Crippen LogP contribution in [0.5, 0.6) is 0 Å². The highest BCUT2D eigenvalue weighted by Crippen LogP contribution is 2.24. The molecular formula is C11H20N4OS. The number of rotatable bonds is 6. The number of thiazole rings is 1. The summed E-state index contributed by atoms with van der Waals surface area (Å²) < 4.78 is 0. The Morgan fingerprint density at radius 1 is 1.53 bits per heavy atom. The molecule has 1 atom stereocenters. The first kappa shape index (κ1) is 13.8. The van der Waals surface area contributed by atoms with Crippen molar-refractivity contribution in [2.24, 2.45) is 0 Å². The Balaban J connectivity index is 2.71. The minimum atomic E-state index is -0.123. The maximum atomic E-state index is 12.0. The molecule has 0 aromatic carbocycles. The van der Waals surface area contributed by atoms with Crippen LogP contribution >= 0.6 is 11.3 Å². The minimum absolute atomic E-state index is 0.123. The molecule has 0 saturated carbocycles. The van der Waals surface area contributed by atoms with Gasteiger partial charge in [0.2, 0.25) is 0 Å². The average molecular weight is 256 g/mol. The van der Waals surface area contributed by atoms with Gasteiger partial charge in [0.25, 0.3) is 5.91 Å². The van der Waals surface area contributed by atoms with Crippen LogP contribution in [0.15, 0.2) is 0 Å². The van der Waals surface area contributed by atoms with Gasteiger partial charge in [0.1, 0.15) is 10.7 Å². The molecule has 1 aromatic rings. The molecule has 5 nitrogen and oxygen atoms in total. The summed E-state index contributed by atoms with van der Waals surface area (Å²) in [4.78, 5) is 16.5. The first-order valence-corrected chi connectivity index (χ1v) is 6.68. The number of nitrogen functional groups attached to an aromatic ring is 1. The van der Waals surface area contributed by atoms with Crippen molar-refractivity contribution in [1.29, 1.82) is 0 Å². The number of hydrogen-bond acceptors (Lipinski definition) is 5. The molecule has 6 heteroatoms. The first-order chi connectivity index (χ1) is 8.12. The van der Waals surface area contributed by atoms with Crippen molar-refractivity contribution in [3.63, 3.8) is 0 Å². The van der Waals surface area contributed by atoms with Crippen LogP contribution in [0.4, 0.5) is 10.9 Å². The molecule has 0 aliphatic carbocycles. The fraction of sp³-hybridized carbons (Fsp3) is 0.636. The van der Waals surface area contributed by atoms with E-state index in [4.69, 9.17) is 5.73 Å². The van der Waals surface area contributed by atoms with Gasteiger partial charge in [0, 0.05) is 13.1 Å². The van der Waals surface area contributed by atoms with E-state index in [0.29, 0.717) is 15.8 Å². The number of nitrogens with zero attached hydrogens (tertiary/aromatic N) is 1. The molecule has 0 spiro atoms. The molecule has 1 unspecified atom stereocenters. The van der Waals surface area contributed by atoms with Crippen molar-refractivity contribution in [2.45, 2.75) is 39.2 Å². The second kappa shape index (κ2) is 6.44. The van der Waals surface area contributed by atoms with Crippen LogP contribution in [0.2, 0.25) is 0 Å². The van der Waals surface area contributed by atoms with Crippen LogP contribution in [0, 0.1) is 0 Å². The van der Waals surface area contributed by atoms with Crippen molar-refractivity contribution in [3.05, 3.63) is 4.88 Å². The second-order valence-electron chi connectivity index (χ2n) is 3.85. The van der Waals surface area contributed by atoms with E-state index < -0.39 is 0 Å². The fourth-order valence-electron chi connectivity index (χ4n) is 1.58. The Bertz CT molecular complexity index is 378. The summed E-state index contributed by atoms with van der Waals surface area (Å²) in [6, 6.07) is 0.215. The molecule has 1 heterocycles. The predicted octanol–water partition coefficient (Wildman–Crippen LogP) is 2.08. The van der Waals surface area contributed by atoms with E-state index in [1.54, 1.807) is 7.05 Å². The minimum Gasteiger partial charge on any atom is -0.382 e. The van der Waals surface area contributed by atoms with Crippen LogP contribution in [0.25, 0.3) is 0 Å². The summed E-state index contributed by atoms with van der Waals surface area (Å²) in [5, 5.41) is 6.53. The monoisotopic (exact) mass is 256 g/mol. The zero-order valence-electron chi connectivity index (χ0n) is 10.5. The molecule has 0 bridgehead atoms. The summed E-state index contributed by atoms with van der Waals surface area (Å²) in [6.45, 7) is 4.17. The summed E-state index contributed by atoms with van der Waals surface area (Å²) in [5.41, 5.74) is 5.71. The third kappa shape index (κ3) is 3.59. The van der Waals surface area contributed by atoms with Crippen LogP contribution in [-0.2, 0) is 0 Å². The van der Waals surface area contributed by atoms with Gasteiger partial charge in [-0.25, -0.2) is 4.98 Å². The van der Waals surface area contributed by atoms with Gasteiger partial charge in [-0.15, -0.1) is 0 Å². The smallest absolute Gasteiger partial charge is 0.265 e. The fourth-order valence-corrected chi connectivity index (χ4v) is 2.32. The zero-order valence-corrected chi connectivity index (χ0v) is 11.4. The van der Waals surface area contributed by atoms with Crippen molar-refractivity contribution in [3.8, 4) is 0 Å². The normalized spacial score (nSPS) is 12.2. The molecular weight excluding hydrogens is 236 g/mol. The topological polar surface area (TPSA) is 80.0 Å². The largest absolute Gasteiger partial charge is 0.382 e. The lowest BCUT2D eigenvalue weighted by Crippen LogP contribution is -2.34. The number of nitrogens with two attached hydrogens (primary N) is 1. The number of aromatic nitrogens is 1. The molecule has 0 aliphatic heterocycles. The molecule has 4 N–H and O–H groups in total. The van der Waals surface area contributed by atoms with Gasteiger partial charge in [0.05, 0.1) is 0 Å². The highest BCUT2D eigenvalue weighted by atomic mass is 32.1. The molecule has 1 rings (SSSR count). The van der Waals surface area contributed by atoms with Crippen molar-refractivity contribution in [1.82, 2.24) is 10.3 Å². The van der Waals surface area contributed by atoms with Gasteiger partial charge in [-0.3, -0.25) is 4.79 Å². The summed E-state index contributed by atoms with van der Waals surface area (Å²) in [7, 11) is 1.76. The van der Waals surface area contributed by atoms with E-state index in [1.165, 1.54) is 11.3 Å². The van der Waals surface area contributed by atoms with Gasteiger partial charge in [-0.2, -0.15) is 0 Å². The van der Waals surface area contributed by atoms with E-state index in [2.05, 4.69) is 29.5 Å². The Hall–Kier alpha value is -1.30. The average Bonchev–Trinajstić information content (AvgIpc) is 2.70. The van der Waals surface area contributed by atoms with Gasteiger partial charge >= 0.3 is 0 Å². The Kier molecular flexibility index (Phi) is 5.21. The number of anilines is 2. The standard InChI is InChI=1S/C11H20N4OS/c1-4-6-7(5-2)14-10(16)8-9(12)15-11(13-3)17-8/h7H,4-6,12H2,1-3H3,(H,13,15)(H,14,16). The molecule has 1 amide bonds. The molecule has 96 valence electrons. The number of nitrogens with one attached hydrogen (secondary N) is 2. The van der Waals surface area contributed by atoms with Crippen LogP contribution in [0.1, 0.15) is 42.8 Å². The lowest BCUT2D eigenvalue weighted by atomic mass is 10.1. The SMILES string of the molecule is CCCC(CC)NC(=O)c1sc(NC)nc1N. The summed E-state index contributed by atoms with van der Waals surface area (Å²) in [6.07, 6.45) is 2.97. The quantitative estimate of drug-likeness (QED) is 0.728. The number of hydrogen-bond donors (Lipinski definition) is 3. The molecule has 0 saturated heterocycles.